The SMILES string of the molecule is NC(=O)C1c2ccccc2C2=C(C1c1ccccc1)N1CCC2CC1. The van der Waals surface area contributed by atoms with E-state index < -0.39 is 0 Å². The minimum atomic E-state index is -0.295. The molecule has 0 radical (unpaired) electrons. The highest BCUT2D eigenvalue weighted by Gasteiger charge is 2.46. The van der Waals surface area contributed by atoms with E-state index >= 15 is 0 Å². The Balaban J connectivity index is 1.82. The molecule has 3 heterocycles. The van der Waals surface area contributed by atoms with E-state index in [0.717, 1.165) is 18.7 Å². The summed E-state index contributed by atoms with van der Waals surface area (Å²) < 4.78 is 0. The van der Waals surface area contributed by atoms with Gasteiger partial charge in [-0.2, -0.15) is 0 Å². The number of fused-ring (bicyclic) bond motifs is 3. The molecule has 0 spiro atoms. The average Bonchev–Trinajstić information content (AvgIpc) is 2.68. The van der Waals surface area contributed by atoms with E-state index in [1.54, 1.807) is 0 Å². The van der Waals surface area contributed by atoms with Crippen LogP contribution < -0.4 is 5.73 Å². The third-order valence-electron chi connectivity index (χ3n) is 6.20. The van der Waals surface area contributed by atoms with E-state index in [9.17, 15) is 4.79 Å². The van der Waals surface area contributed by atoms with Crippen molar-refractivity contribution in [1.82, 2.24) is 4.90 Å². The molecular formula is C22H22N2O. The fourth-order valence-electron chi connectivity index (χ4n) is 5.19. The summed E-state index contributed by atoms with van der Waals surface area (Å²) in [6.07, 6.45) is 2.44. The molecule has 2 bridgehead atoms. The van der Waals surface area contributed by atoms with E-state index in [2.05, 4.69) is 47.4 Å². The van der Waals surface area contributed by atoms with E-state index in [0.29, 0.717) is 5.92 Å². The lowest BCUT2D eigenvalue weighted by Gasteiger charge is -2.51. The molecule has 6 rings (SSSR count). The van der Waals surface area contributed by atoms with Crippen molar-refractivity contribution in [3.8, 4) is 0 Å². The van der Waals surface area contributed by atoms with Crippen LogP contribution in [0.25, 0.3) is 5.57 Å². The molecule has 2 aromatic rings. The number of piperidine rings is 1. The van der Waals surface area contributed by atoms with Gasteiger partial charge in [0.15, 0.2) is 0 Å². The number of hydrogen-bond donors (Lipinski definition) is 1. The smallest absolute Gasteiger partial charge is 0.226 e. The number of benzene rings is 2. The van der Waals surface area contributed by atoms with Gasteiger partial charge in [-0.3, -0.25) is 4.79 Å². The van der Waals surface area contributed by atoms with Crippen LogP contribution in [0.15, 0.2) is 60.3 Å². The summed E-state index contributed by atoms with van der Waals surface area (Å²) in [6, 6.07) is 18.8. The van der Waals surface area contributed by atoms with Crippen molar-refractivity contribution in [3.63, 3.8) is 0 Å². The van der Waals surface area contributed by atoms with E-state index in [1.807, 2.05) is 12.1 Å². The Bertz CT molecular complexity index is 863. The summed E-state index contributed by atoms with van der Waals surface area (Å²) in [7, 11) is 0. The predicted molar refractivity (Wildman–Crippen MR) is 98.8 cm³/mol. The Labute approximate surface area is 148 Å². The molecule has 2 atom stereocenters. The number of carbonyl (C=O) groups excluding carboxylic acids is 1. The lowest BCUT2D eigenvalue weighted by Crippen LogP contribution is -2.46. The molecule has 1 aliphatic carbocycles. The zero-order chi connectivity index (χ0) is 17.0. The Hall–Kier alpha value is -2.55. The number of nitrogens with zero attached hydrogens (tertiary/aromatic N) is 1. The lowest BCUT2D eigenvalue weighted by atomic mass is 9.64. The summed E-state index contributed by atoms with van der Waals surface area (Å²) in [5.74, 6) is 0.125. The minimum Gasteiger partial charge on any atom is -0.374 e. The van der Waals surface area contributed by atoms with Gasteiger partial charge >= 0.3 is 0 Å². The van der Waals surface area contributed by atoms with Gasteiger partial charge in [0.05, 0.1) is 5.92 Å². The standard InChI is InChI=1S/C22H22N2O/c23-22(25)20-17-9-5-4-8-16(17)18-15-10-12-24(13-11-15)21(18)19(20)14-6-2-1-3-7-14/h1-9,15,19-20H,10-13H2,(H2,23,25). The summed E-state index contributed by atoms with van der Waals surface area (Å²) >= 11 is 0. The number of nitrogens with two attached hydrogens (primary N) is 1. The molecule has 1 amide bonds. The highest BCUT2D eigenvalue weighted by molar-refractivity contribution is 5.90. The van der Waals surface area contributed by atoms with E-state index in [1.165, 1.54) is 35.2 Å². The van der Waals surface area contributed by atoms with Crippen LogP contribution >= 0.6 is 0 Å². The van der Waals surface area contributed by atoms with Gasteiger partial charge in [-0.1, -0.05) is 54.6 Å². The van der Waals surface area contributed by atoms with Gasteiger partial charge in [0.25, 0.3) is 0 Å². The first-order chi connectivity index (χ1) is 12.3. The maximum absolute atomic E-state index is 12.6. The Morgan fingerprint density at radius 1 is 0.960 bits per heavy atom. The largest absolute Gasteiger partial charge is 0.374 e. The van der Waals surface area contributed by atoms with Gasteiger partial charge in [0.1, 0.15) is 0 Å². The minimum absolute atomic E-state index is 0.0340. The highest BCUT2D eigenvalue weighted by Crippen LogP contribution is 2.55. The van der Waals surface area contributed by atoms with Crippen LogP contribution in [0.2, 0.25) is 0 Å². The van der Waals surface area contributed by atoms with Crippen LogP contribution in [0.3, 0.4) is 0 Å². The Morgan fingerprint density at radius 3 is 2.36 bits per heavy atom. The van der Waals surface area contributed by atoms with Gasteiger partial charge in [-0.05, 0) is 41.0 Å². The molecule has 1 saturated heterocycles. The maximum Gasteiger partial charge on any atom is 0.226 e. The Kier molecular flexibility index (Phi) is 3.24. The van der Waals surface area contributed by atoms with Gasteiger partial charge in [-0.15, -0.1) is 0 Å². The quantitative estimate of drug-likeness (QED) is 0.916. The maximum atomic E-state index is 12.6. The van der Waals surface area contributed by atoms with Crippen LogP contribution in [0.1, 0.15) is 41.4 Å². The molecule has 1 fully saturated rings. The van der Waals surface area contributed by atoms with Gasteiger partial charge < -0.3 is 10.6 Å². The van der Waals surface area contributed by atoms with E-state index in [4.69, 9.17) is 5.73 Å². The fraction of sp³-hybridized carbons (Fsp3) is 0.318. The molecule has 3 nitrogen and oxygen atoms in total. The molecule has 2 N–H and O–H groups in total. The van der Waals surface area contributed by atoms with Crippen LogP contribution in [0, 0.1) is 5.92 Å². The van der Waals surface area contributed by atoms with Crippen molar-refractivity contribution in [2.24, 2.45) is 11.7 Å². The average molecular weight is 330 g/mol. The molecular weight excluding hydrogens is 308 g/mol. The highest BCUT2D eigenvalue weighted by atomic mass is 16.1. The topological polar surface area (TPSA) is 46.3 Å². The van der Waals surface area contributed by atoms with Crippen molar-refractivity contribution in [1.29, 1.82) is 0 Å². The van der Waals surface area contributed by atoms with Crippen molar-refractivity contribution in [2.45, 2.75) is 24.7 Å². The molecule has 4 aliphatic rings. The number of rotatable bonds is 2. The normalized spacial score (nSPS) is 24.9. The third kappa shape index (κ3) is 2.08. The molecule has 0 aromatic heterocycles. The van der Waals surface area contributed by atoms with Crippen LogP contribution in [-0.4, -0.2) is 23.9 Å². The Morgan fingerprint density at radius 2 is 1.64 bits per heavy atom. The van der Waals surface area contributed by atoms with Crippen LogP contribution in [0.4, 0.5) is 0 Å². The summed E-state index contributed by atoms with van der Waals surface area (Å²) in [5, 5.41) is 0. The van der Waals surface area contributed by atoms with Crippen molar-refractivity contribution in [2.75, 3.05) is 13.1 Å². The number of amides is 1. The molecule has 2 aromatic carbocycles. The van der Waals surface area contributed by atoms with Gasteiger partial charge in [-0.25, -0.2) is 0 Å². The third-order valence-corrected chi connectivity index (χ3v) is 6.20. The number of hydrogen-bond acceptors (Lipinski definition) is 2. The van der Waals surface area contributed by atoms with Crippen LogP contribution in [0.5, 0.6) is 0 Å². The first-order valence-electron chi connectivity index (χ1n) is 9.18. The summed E-state index contributed by atoms with van der Waals surface area (Å²) in [6.45, 7) is 2.20. The zero-order valence-corrected chi connectivity index (χ0v) is 14.2. The van der Waals surface area contributed by atoms with Crippen LogP contribution in [-0.2, 0) is 4.79 Å². The summed E-state index contributed by atoms with van der Waals surface area (Å²) in [4.78, 5) is 15.1. The van der Waals surface area contributed by atoms with Crippen molar-refractivity contribution < 1.29 is 4.79 Å². The number of carbonyl (C=O) groups is 1. The second-order valence-electron chi connectivity index (χ2n) is 7.42. The number of primary amides is 1. The second kappa shape index (κ2) is 5.48. The second-order valence-corrected chi connectivity index (χ2v) is 7.42. The lowest BCUT2D eigenvalue weighted by molar-refractivity contribution is -0.120. The molecule has 2 unspecified atom stereocenters. The van der Waals surface area contributed by atoms with Crippen molar-refractivity contribution in [3.05, 3.63) is 77.0 Å². The van der Waals surface area contributed by atoms with Crippen molar-refractivity contribution >= 4 is 11.5 Å². The molecule has 0 saturated carbocycles. The van der Waals surface area contributed by atoms with E-state index in [-0.39, 0.29) is 17.7 Å². The molecule has 3 aliphatic heterocycles. The summed E-state index contributed by atoms with van der Waals surface area (Å²) in [5.41, 5.74) is 12.3. The van der Waals surface area contributed by atoms with Gasteiger partial charge in [0, 0.05) is 24.7 Å². The molecule has 25 heavy (non-hydrogen) atoms. The molecule has 126 valence electrons. The number of allylic oxidation sites excluding steroid dienone is 2. The van der Waals surface area contributed by atoms with Gasteiger partial charge in [0.2, 0.25) is 5.91 Å². The molecule has 3 heteroatoms. The fourth-order valence-corrected chi connectivity index (χ4v) is 5.19. The first kappa shape index (κ1) is 14.8. The zero-order valence-electron chi connectivity index (χ0n) is 14.2. The monoisotopic (exact) mass is 330 g/mol. The predicted octanol–water partition coefficient (Wildman–Crippen LogP) is 3.49. The first-order valence-corrected chi connectivity index (χ1v) is 9.18.